The topological polar surface area (TPSA) is 29.4 Å². The molecule has 0 aliphatic carbocycles. The number of nitrogens with zero attached hydrogens (tertiary/aromatic N) is 1. The predicted molar refractivity (Wildman–Crippen MR) is 45.4 cm³/mol. The van der Waals surface area contributed by atoms with Gasteiger partial charge in [-0.1, -0.05) is 12.6 Å². The van der Waals surface area contributed by atoms with E-state index in [-0.39, 0.29) is 8.31 Å². The van der Waals surface area contributed by atoms with Gasteiger partial charge in [0.2, 0.25) is 6.08 Å². The van der Waals surface area contributed by atoms with Crippen LogP contribution in [0.1, 0.15) is 6.42 Å². The molecular weight excluding hydrogens is 146 g/mol. The van der Waals surface area contributed by atoms with Crippen LogP contribution in [-0.4, -0.2) is 30.7 Å². The number of carbonyl (C=O) groups excluding carboxylic acids is 1. The minimum absolute atomic E-state index is 0.264. The zero-order valence-electron chi connectivity index (χ0n) is 6.05. The van der Waals surface area contributed by atoms with E-state index in [9.17, 15) is 4.79 Å². The van der Waals surface area contributed by atoms with Crippen LogP contribution in [0.2, 0.25) is 12.6 Å². The van der Waals surface area contributed by atoms with Crippen LogP contribution in [-0.2, 0) is 4.79 Å². The largest absolute Gasteiger partial charge is 0.234 e. The second kappa shape index (κ2) is 5.94. The van der Waals surface area contributed by atoms with Gasteiger partial charge in [0, 0.05) is 8.31 Å². The summed E-state index contributed by atoms with van der Waals surface area (Å²) in [6.07, 6.45) is 2.65. The summed E-state index contributed by atoms with van der Waals surface area (Å²) in [6.45, 7) is 3.06. The number of hydrogen-bond acceptors (Lipinski definition) is 2. The number of rotatable bonds is 4. The van der Waals surface area contributed by atoms with Crippen LogP contribution in [0.3, 0.4) is 0 Å². The molecule has 0 saturated carbocycles. The summed E-state index contributed by atoms with van der Waals surface area (Å²) < 4.78 is 0. The SMILES string of the molecule is C[SiH]([SiH3])CCCN=C=O. The van der Waals surface area contributed by atoms with Crippen molar-refractivity contribution in [2.75, 3.05) is 6.54 Å². The van der Waals surface area contributed by atoms with Crippen LogP contribution in [0, 0.1) is 0 Å². The van der Waals surface area contributed by atoms with Crippen molar-refractivity contribution in [1.29, 1.82) is 0 Å². The van der Waals surface area contributed by atoms with Crippen molar-refractivity contribution in [2.24, 2.45) is 4.99 Å². The molecular formula is C5H13NOSi2. The summed E-state index contributed by atoms with van der Waals surface area (Å²) in [4.78, 5) is 13.1. The third-order valence-electron chi connectivity index (χ3n) is 1.12. The van der Waals surface area contributed by atoms with Gasteiger partial charge in [-0.25, -0.2) is 9.79 Å². The standard InChI is InChI=1S/C5H13NOSi2/c1-9(8)4-2-3-6-5-7/h9H,2-4H2,1,8H3. The Kier molecular flexibility index (Phi) is 5.82. The van der Waals surface area contributed by atoms with Crippen molar-refractivity contribution < 1.29 is 4.79 Å². The van der Waals surface area contributed by atoms with E-state index >= 15 is 0 Å². The third kappa shape index (κ3) is 7.81. The molecule has 0 aromatic rings. The van der Waals surface area contributed by atoms with Gasteiger partial charge < -0.3 is 0 Å². The molecule has 0 aromatic carbocycles. The van der Waals surface area contributed by atoms with Crippen LogP contribution in [0.15, 0.2) is 4.99 Å². The first kappa shape index (κ1) is 8.81. The van der Waals surface area contributed by atoms with Crippen molar-refractivity contribution in [3.63, 3.8) is 0 Å². The van der Waals surface area contributed by atoms with Crippen molar-refractivity contribution in [3.05, 3.63) is 0 Å². The molecule has 52 valence electrons. The highest BCUT2D eigenvalue weighted by Gasteiger charge is 1.92. The van der Waals surface area contributed by atoms with Crippen LogP contribution < -0.4 is 0 Å². The van der Waals surface area contributed by atoms with Crippen LogP contribution in [0.5, 0.6) is 0 Å². The summed E-state index contributed by atoms with van der Waals surface area (Å²) >= 11 is 0. The number of aliphatic imine (C=N–C) groups is 1. The Hall–Kier alpha value is -0.186. The molecule has 0 aromatic heterocycles. The molecule has 1 unspecified atom stereocenters. The third-order valence-corrected chi connectivity index (χ3v) is 4.41. The summed E-state index contributed by atoms with van der Waals surface area (Å²) in [6, 6.07) is 1.34. The average molecular weight is 159 g/mol. The van der Waals surface area contributed by atoms with Crippen molar-refractivity contribution in [2.45, 2.75) is 19.0 Å². The first-order chi connectivity index (χ1) is 4.27. The van der Waals surface area contributed by atoms with Crippen molar-refractivity contribution in [3.8, 4) is 0 Å². The Morgan fingerprint density at radius 2 is 2.44 bits per heavy atom. The Labute approximate surface area is 60.2 Å². The quantitative estimate of drug-likeness (QED) is 0.234. The molecule has 1 atom stereocenters. The molecule has 0 fully saturated rings. The second-order valence-electron chi connectivity index (χ2n) is 2.51. The van der Waals surface area contributed by atoms with Gasteiger partial charge in [0.15, 0.2) is 0 Å². The molecule has 0 spiro atoms. The highest BCUT2D eigenvalue weighted by atomic mass is 29.1. The first-order valence-electron chi connectivity index (χ1n) is 3.31. The molecule has 0 rings (SSSR count). The maximum Gasteiger partial charge on any atom is 0.234 e. The lowest BCUT2D eigenvalue weighted by Crippen LogP contribution is -2.05. The van der Waals surface area contributed by atoms with E-state index in [2.05, 4.69) is 11.5 Å². The van der Waals surface area contributed by atoms with E-state index in [1.165, 1.54) is 15.8 Å². The fourth-order valence-electron chi connectivity index (χ4n) is 0.624. The summed E-state index contributed by atoms with van der Waals surface area (Å²) in [5.41, 5.74) is 0. The lowest BCUT2D eigenvalue weighted by atomic mass is 10.5. The van der Waals surface area contributed by atoms with Crippen molar-refractivity contribution in [1.82, 2.24) is 0 Å². The average Bonchev–Trinajstić information content (AvgIpc) is 1.80. The van der Waals surface area contributed by atoms with Crippen LogP contribution >= 0.6 is 0 Å². The molecule has 0 amide bonds. The van der Waals surface area contributed by atoms with E-state index < -0.39 is 0 Å². The first-order valence-corrected chi connectivity index (χ1v) is 9.90. The molecule has 0 saturated heterocycles. The van der Waals surface area contributed by atoms with Gasteiger partial charge in [-0.3, -0.25) is 0 Å². The fourth-order valence-corrected chi connectivity index (χ4v) is 2.85. The van der Waals surface area contributed by atoms with Crippen LogP contribution in [0.25, 0.3) is 0 Å². The highest BCUT2D eigenvalue weighted by molar-refractivity contribution is 7.02. The molecule has 0 heterocycles. The van der Waals surface area contributed by atoms with E-state index in [0.29, 0.717) is 6.54 Å². The summed E-state index contributed by atoms with van der Waals surface area (Å²) in [7, 11) is 1.12. The van der Waals surface area contributed by atoms with Crippen LogP contribution in [0.4, 0.5) is 0 Å². The Morgan fingerprint density at radius 3 is 2.89 bits per heavy atom. The number of isocyanates is 1. The van der Waals surface area contributed by atoms with Gasteiger partial charge in [-0.15, -0.1) is 0 Å². The van der Waals surface area contributed by atoms with Gasteiger partial charge in [-0.05, 0) is 16.2 Å². The Bertz CT molecular complexity index is 110. The minimum atomic E-state index is -0.264. The molecule has 2 nitrogen and oxygen atoms in total. The normalized spacial score (nSPS) is 12.6. The van der Waals surface area contributed by atoms with Gasteiger partial charge in [0.1, 0.15) is 0 Å². The molecule has 0 N–H and O–H groups in total. The maximum absolute atomic E-state index is 9.58. The predicted octanol–water partition coefficient (Wildman–Crippen LogP) is -0.569. The molecule has 0 bridgehead atoms. The minimum Gasteiger partial charge on any atom is -0.211 e. The monoisotopic (exact) mass is 159 g/mol. The van der Waals surface area contributed by atoms with Gasteiger partial charge >= 0.3 is 0 Å². The lowest BCUT2D eigenvalue weighted by molar-refractivity contribution is 0.562. The zero-order valence-corrected chi connectivity index (χ0v) is 9.21. The molecule has 0 radical (unpaired) electrons. The van der Waals surface area contributed by atoms with Gasteiger partial charge in [0.25, 0.3) is 0 Å². The van der Waals surface area contributed by atoms with Gasteiger partial charge in [0.05, 0.1) is 6.54 Å². The Balaban J connectivity index is 3.00. The van der Waals surface area contributed by atoms with E-state index in [0.717, 1.165) is 6.42 Å². The van der Waals surface area contributed by atoms with E-state index in [1.54, 1.807) is 6.08 Å². The van der Waals surface area contributed by atoms with Crippen molar-refractivity contribution >= 4 is 24.2 Å². The number of hydrogen-bond donors (Lipinski definition) is 0. The second-order valence-corrected chi connectivity index (χ2v) is 11.8. The molecule has 4 heteroatoms. The maximum atomic E-state index is 9.58. The molecule has 9 heavy (non-hydrogen) atoms. The smallest absolute Gasteiger partial charge is 0.211 e. The lowest BCUT2D eigenvalue weighted by Gasteiger charge is -1.96. The fraction of sp³-hybridized carbons (Fsp3) is 0.800. The van der Waals surface area contributed by atoms with E-state index in [4.69, 9.17) is 0 Å². The zero-order chi connectivity index (χ0) is 7.11. The highest BCUT2D eigenvalue weighted by Crippen LogP contribution is 1.92. The summed E-state index contributed by atoms with van der Waals surface area (Å²) in [5.74, 6) is 0. The summed E-state index contributed by atoms with van der Waals surface area (Å²) in [5, 5.41) is 0. The van der Waals surface area contributed by atoms with Gasteiger partial charge in [-0.2, -0.15) is 0 Å². The molecule has 0 aliphatic rings. The Morgan fingerprint density at radius 1 is 1.78 bits per heavy atom. The molecule has 0 aliphatic heterocycles. The van der Waals surface area contributed by atoms with E-state index in [1.807, 2.05) is 0 Å².